The maximum absolute atomic E-state index is 5.44. The van der Waals surface area contributed by atoms with Crippen molar-refractivity contribution < 1.29 is 4.74 Å². The second-order valence-corrected chi connectivity index (χ2v) is 6.55. The van der Waals surface area contributed by atoms with Gasteiger partial charge in [-0.1, -0.05) is 13.8 Å². The molecule has 4 heteroatoms. The van der Waals surface area contributed by atoms with Crippen molar-refractivity contribution in [3.05, 3.63) is 23.0 Å². The van der Waals surface area contributed by atoms with Gasteiger partial charge in [-0.25, -0.2) is 0 Å². The summed E-state index contributed by atoms with van der Waals surface area (Å²) in [6, 6.07) is 0. The maximum Gasteiger partial charge on any atom is 0.128 e. The van der Waals surface area contributed by atoms with Crippen molar-refractivity contribution in [2.45, 2.75) is 34.2 Å². The molecule has 0 amide bonds. The molecule has 1 aromatic rings. The molecule has 0 aliphatic heterocycles. The van der Waals surface area contributed by atoms with Crippen LogP contribution < -0.4 is 10.1 Å². The molecule has 0 saturated carbocycles. The van der Waals surface area contributed by atoms with Crippen LogP contribution in [0, 0.1) is 19.3 Å². The molecule has 20 heavy (non-hydrogen) atoms. The Morgan fingerprint density at radius 1 is 1.30 bits per heavy atom. The van der Waals surface area contributed by atoms with E-state index in [0.717, 1.165) is 42.2 Å². The van der Waals surface area contributed by atoms with Crippen LogP contribution >= 0.6 is 0 Å². The van der Waals surface area contributed by atoms with Crippen LogP contribution in [0.5, 0.6) is 5.75 Å². The molecule has 1 heterocycles. The van der Waals surface area contributed by atoms with Gasteiger partial charge in [0.25, 0.3) is 0 Å². The highest BCUT2D eigenvalue weighted by molar-refractivity contribution is 5.40. The lowest BCUT2D eigenvalue weighted by atomic mass is 9.93. The van der Waals surface area contributed by atoms with Crippen LogP contribution in [-0.4, -0.2) is 44.2 Å². The normalized spacial score (nSPS) is 12.0. The molecule has 1 N–H and O–H groups in total. The summed E-state index contributed by atoms with van der Waals surface area (Å²) in [5.74, 6) is 0.948. The third-order valence-electron chi connectivity index (χ3n) is 3.39. The molecule has 0 bridgehead atoms. The van der Waals surface area contributed by atoms with E-state index < -0.39 is 0 Å². The summed E-state index contributed by atoms with van der Waals surface area (Å²) in [5, 5.41) is 3.51. The lowest BCUT2D eigenvalue weighted by Crippen LogP contribution is -2.37. The standard InChI is InChI=1S/C16H29N3O/c1-12-8-18-14(13(2)15(12)20-7)9-17-10-16(3,4)11-19(5)6/h8,17H,9-11H2,1-7H3. The molecule has 0 atom stereocenters. The van der Waals surface area contributed by atoms with Crippen molar-refractivity contribution in [1.82, 2.24) is 15.2 Å². The molecule has 0 spiro atoms. The number of hydrogen-bond acceptors (Lipinski definition) is 4. The van der Waals surface area contributed by atoms with Gasteiger partial charge < -0.3 is 15.0 Å². The maximum atomic E-state index is 5.44. The van der Waals surface area contributed by atoms with E-state index in [1.807, 2.05) is 13.1 Å². The Hall–Kier alpha value is -1.13. The van der Waals surface area contributed by atoms with Crippen LogP contribution in [0.2, 0.25) is 0 Å². The van der Waals surface area contributed by atoms with Crippen molar-refractivity contribution in [2.24, 2.45) is 5.41 Å². The number of rotatable bonds is 7. The van der Waals surface area contributed by atoms with Gasteiger partial charge >= 0.3 is 0 Å². The van der Waals surface area contributed by atoms with E-state index in [-0.39, 0.29) is 5.41 Å². The number of aromatic nitrogens is 1. The third-order valence-corrected chi connectivity index (χ3v) is 3.39. The predicted octanol–water partition coefficient (Wildman–Crippen LogP) is 2.38. The molecule has 1 rings (SSSR count). The van der Waals surface area contributed by atoms with Gasteiger partial charge in [-0.2, -0.15) is 0 Å². The van der Waals surface area contributed by atoms with E-state index in [1.54, 1.807) is 7.11 Å². The molecule has 0 radical (unpaired) electrons. The van der Waals surface area contributed by atoms with Crippen LogP contribution in [0.3, 0.4) is 0 Å². The Morgan fingerprint density at radius 2 is 1.95 bits per heavy atom. The summed E-state index contributed by atoms with van der Waals surface area (Å²) >= 11 is 0. The number of methoxy groups -OCH3 is 1. The lowest BCUT2D eigenvalue weighted by molar-refractivity contribution is 0.232. The zero-order valence-electron chi connectivity index (χ0n) is 14.0. The minimum atomic E-state index is 0.242. The number of pyridine rings is 1. The Labute approximate surface area is 123 Å². The number of hydrogen-bond donors (Lipinski definition) is 1. The first-order chi connectivity index (χ1) is 9.26. The fourth-order valence-electron chi connectivity index (χ4n) is 2.68. The monoisotopic (exact) mass is 279 g/mol. The van der Waals surface area contributed by atoms with Gasteiger partial charge in [0, 0.05) is 37.0 Å². The minimum Gasteiger partial charge on any atom is -0.496 e. The van der Waals surface area contributed by atoms with Crippen LogP contribution in [0.15, 0.2) is 6.20 Å². The van der Waals surface area contributed by atoms with E-state index in [2.05, 4.69) is 50.1 Å². The Bertz CT molecular complexity index is 442. The highest BCUT2D eigenvalue weighted by atomic mass is 16.5. The summed E-state index contributed by atoms with van der Waals surface area (Å²) < 4.78 is 5.44. The Morgan fingerprint density at radius 3 is 2.50 bits per heavy atom. The third kappa shape index (κ3) is 4.76. The minimum absolute atomic E-state index is 0.242. The molecule has 0 saturated heterocycles. The van der Waals surface area contributed by atoms with Crippen LogP contribution in [-0.2, 0) is 6.54 Å². The van der Waals surface area contributed by atoms with E-state index in [9.17, 15) is 0 Å². The Balaban J connectivity index is 2.63. The summed E-state index contributed by atoms with van der Waals surface area (Å²) in [7, 11) is 5.93. The quantitative estimate of drug-likeness (QED) is 0.831. The lowest BCUT2D eigenvalue weighted by Gasteiger charge is -2.28. The summed E-state index contributed by atoms with van der Waals surface area (Å²) in [6.45, 7) is 11.4. The molecule has 4 nitrogen and oxygen atoms in total. The van der Waals surface area contributed by atoms with E-state index in [4.69, 9.17) is 4.74 Å². The van der Waals surface area contributed by atoms with Gasteiger partial charge in [-0.05, 0) is 33.4 Å². The van der Waals surface area contributed by atoms with Gasteiger partial charge in [0.15, 0.2) is 0 Å². The SMILES string of the molecule is COc1c(C)cnc(CNCC(C)(C)CN(C)C)c1C. The fraction of sp³-hybridized carbons (Fsp3) is 0.688. The Kier molecular flexibility index (Phi) is 5.96. The molecular weight excluding hydrogens is 250 g/mol. The topological polar surface area (TPSA) is 37.4 Å². The first-order valence-electron chi connectivity index (χ1n) is 7.11. The van der Waals surface area contributed by atoms with E-state index in [1.165, 1.54) is 0 Å². The van der Waals surface area contributed by atoms with E-state index in [0.29, 0.717) is 0 Å². The summed E-state index contributed by atoms with van der Waals surface area (Å²) in [5.41, 5.74) is 3.52. The molecule has 0 fully saturated rings. The van der Waals surface area contributed by atoms with Gasteiger partial charge in [0.05, 0.1) is 12.8 Å². The van der Waals surface area contributed by atoms with Crippen LogP contribution in [0.1, 0.15) is 30.7 Å². The molecule has 0 aliphatic carbocycles. The first kappa shape index (κ1) is 16.9. The highest BCUT2D eigenvalue weighted by Gasteiger charge is 2.18. The van der Waals surface area contributed by atoms with Crippen LogP contribution in [0.25, 0.3) is 0 Å². The number of nitrogens with one attached hydrogen (secondary N) is 1. The number of nitrogens with zero attached hydrogens (tertiary/aromatic N) is 2. The second kappa shape index (κ2) is 7.04. The van der Waals surface area contributed by atoms with Gasteiger partial charge in [0.2, 0.25) is 0 Å². The van der Waals surface area contributed by atoms with Crippen molar-refractivity contribution in [1.29, 1.82) is 0 Å². The largest absolute Gasteiger partial charge is 0.496 e. The van der Waals surface area contributed by atoms with Crippen molar-refractivity contribution in [2.75, 3.05) is 34.3 Å². The van der Waals surface area contributed by atoms with Crippen molar-refractivity contribution in [3.63, 3.8) is 0 Å². The zero-order valence-corrected chi connectivity index (χ0v) is 14.0. The number of ether oxygens (including phenoxy) is 1. The molecule has 0 aliphatic rings. The molecule has 114 valence electrons. The zero-order chi connectivity index (χ0) is 15.3. The highest BCUT2D eigenvalue weighted by Crippen LogP contribution is 2.24. The molecular formula is C16H29N3O. The van der Waals surface area contributed by atoms with Gasteiger partial charge in [-0.15, -0.1) is 0 Å². The van der Waals surface area contributed by atoms with Crippen molar-refractivity contribution >= 4 is 0 Å². The summed E-state index contributed by atoms with van der Waals surface area (Å²) in [6.07, 6.45) is 1.88. The van der Waals surface area contributed by atoms with Crippen LogP contribution in [0.4, 0.5) is 0 Å². The predicted molar refractivity (Wildman–Crippen MR) is 84.3 cm³/mol. The van der Waals surface area contributed by atoms with Crippen molar-refractivity contribution in [3.8, 4) is 5.75 Å². The summed E-state index contributed by atoms with van der Waals surface area (Å²) in [4.78, 5) is 6.74. The molecule has 1 aromatic heterocycles. The average Bonchev–Trinajstić information content (AvgIpc) is 2.31. The average molecular weight is 279 g/mol. The molecule has 0 aromatic carbocycles. The van der Waals surface area contributed by atoms with Gasteiger partial charge in [-0.3, -0.25) is 4.98 Å². The van der Waals surface area contributed by atoms with Gasteiger partial charge in [0.1, 0.15) is 5.75 Å². The second-order valence-electron chi connectivity index (χ2n) is 6.55. The first-order valence-corrected chi connectivity index (χ1v) is 7.11. The van der Waals surface area contributed by atoms with E-state index >= 15 is 0 Å². The smallest absolute Gasteiger partial charge is 0.128 e. The number of aryl methyl sites for hydroxylation is 1. The molecule has 0 unspecified atom stereocenters. The fourth-order valence-corrected chi connectivity index (χ4v) is 2.68.